The fourth-order valence-electron chi connectivity index (χ4n) is 3.76. The molecule has 0 N–H and O–H groups in total. The standard InChI is InChI=1S/C19H24N4S/c1-3-4-15-9-10-22(11-15)12-17-18(16-7-5-14(2)6-8-16)23-19(21-17)24-13-20-23/h5-8,13,15H,3-4,9-12H2,1-2H3. The number of hydrogen-bond acceptors (Lipinski definition) is 4. The van der Waals surface area contributed by atoms with Crippen molar-refractivity contribution >= 4 is 16.3 Å². The van der Waals surface area contributed by atoms with Gasteiger partial charge in [-0.3, -0.25) is 4.90 Å². The van der Waals surface area contributed by atoms with Gasteiger partial charge in [0.1, 0.15) is 5.51 Å². The summed E-state index contributed by atoms with van der Waals surface area (Å²) in [6.07, 6.45) is 3.96. The van der Waals surface area contributed by atoms with E-state index in [9.17, 15) is 0 Å². The molecule has 1 aliphatic rings. The number of nitrogens with zero attached hydrogens (tertiary/aromatic N) is 4. The largest absolute Gasteiger partial charge is 0.297 e. The molecule has 4 rings (SSSR count). The molecule has 1 saturated heterocycles. The van der Waals surface area contributed by atoms with Crippen LogP contribution in [-0.2, 0) is 6.54 Å². The number of imidazole rings is 1. The third kappa shape index (κ3) is 2.98. The van der Waals surface area contributed by atoms with Crippen LogP contribution in [0.5, 0.6) is 0 Å². The molecule has 0 amide bonds. The highest BCUT2D eigenvalue weighted by Crippen LogP contribution is 2.29. The summed E-state index contributed by atoms with van der Waals surface area (Å²) in [5, 5.41) is 4.51. The van der Waals surface area contributed by atoms with Crippen molar-refractivity contribution in [3.63, 3.8) is 0 Å². The molecule has 5 heteroatoms. The first-order chi connectivity index (χ1) is 11.7. The highest BCUT2D eigenvalue weighted by atomic mass is 32.1. The van der Waals surface area contributed by atoms with E-state index in [2.05, 4.69) is 48.1 Å². The lowest BCUT2D eigenvalue weighted by Gasteiger charge is -2.15. The number of fused-ring (bicyclic) bond motifs is 1. The van der Waals surface area contributed by atoms with Crippen molar-refractivity contribution in [1.82, 2.24) is 19.5 Å². The molecular formula is C19H24N4S. The maximum atomic E-state index is 4.88. The zero-order valence-electron chi connectivity index (χ0n) is 14.4. The highest BCUT2D eigenvalue weighted by molar-refractivity contribution is 7.14. The zero-order chi connectivity index (χ0) is 16.5. The predicted octanol–water partition coefficient (Wildman–Crippen LogP) is 4.39. The average molecular weight is 340 g/mol. The molecule has 1 unspecified atom stereocenters. The van der Waals surface area contributed by atoms with Crippen LogP contribution in [0.3, 0.4) is 0 Å². The minimum atomic E-state index is 0.861. The second-order valence-corrected chi connectivity index (χ2v) is 7.70. The molecule has 0 aliphatic carbocycles. The normalized spacial score (nSPS) is 18.7. The molecule has 0 spiro atoms. The highest BCUT2D eigenvalue weighted by Gasteiger charge is 2.25. The molecule has 1 fully saturated rings. The van der Waals surface area contributed by atoms with Gasteiger partial charge in [0.25, 0.3) is 0 Å². The molecule has 1 atom stereocenters. The van der Waals surface area contributed by atoms with Gasteiger partial charge >= 0.3 is 0 Å². The van der Waals surface area contributed by atoms with Crippen molar-refractivity contribution in [3.8, 4) is 11.3 Å². The lowest BCUT2D eigenvalue weighted by molar-refractivity contribution is 0.310. The number of aromatic nitrogens is 3. The first-order valence-electron chi connectivity index (χ1n) is 8.85. The van der Waals surface area contributed by atoms with Gasteiger partial charge in [0.05, 0.1) is 11.4 Å². The molecule has 2 aromatic heterocycles. The molecule has 1 aromatic carbocycles. The van der Waals surface area contributed by atoms with Gasteiger partial charge in [-0.05, 0) is 32.2 Å². The molecule has 0 bridgehead atoms. The summed E-state index contributed by atoms with van der Waals surface area (Å²) in [6.45, 7) is 7.74. The Labute approximate surface area is 147 Å². The molecule has 126 valence electrons. The van der Waals surface area contributed by atoms with Gasteiger partial charge in [-0.25, -0.2) is 9.50 Å². The van der Waals surface area contributed by atoms with Crippen LogP contribution in [0.1, 0.15) is 37.4 Å². The summed E-state index contributed by atoms with van der Waals surface area (Å²) in [4.78, 5) is 8.43. The second kappa shape index (κ2) is 6.65. The molecule has 4 nitrogen and oxygen atoms in total. The van der Waals surface area contributed by atoms with Crippen LogP contribution in [0.25, 0.3) is 16.2 Å². The lowest BCUT2D eigenvalue weighted by atomic mass is 10.0. The Kier molecular flexibility index (Phi) is 4.37. The monoisotopic (exact) mass is 340 g/mol. The minimum Gasteiger partial charge on any atom is -0.297 e. The second-order valence-electron chi connectivity index (χ2n) is 6.88. The van der Waals surface area contributed by atoms with Gasteiger partial charge in [-0.2, -0.15) is 5.10 Å². The molecule has 24 heavy (non-hydrogen) atoms. The van der Waals surface area contributed by atoms with Gasteiger partial charge in [0.15, 0.2) is 0 Å². The predicted molar refractivity (Wildman–Crippen MR) is 99.3 cm³/mol. The van der Waals surface area contributed by atoms with Gasteiger partial charge < -0.3 is 0 Å². The Morgan fingerprint density at radius 2 is 2.08 bits per heavy atom. The summed E-state index contributed by atoms with van der Waals surface area (Å²) in [5.74, 6) is 0.861. The number of rotatable bonds is 5. The average Bonchev–Trinajstić information content (AvgIpc) is 3.26. The maximum Gasteiger partial charge on any atom is 0.212 e. The quantitative estimate of drug-likeness (QED) is 0.691. The van der Waals surface area contributed by atoms with Crippen molar-refractivity contribution in [1.29, 1.82) is 0 Å². The molecule has 1 aliphatic heterocycles. The third-order valence-electron chi connectivity index (χ3n) is 4.98. The topological polar surface area (TPSA) is 33.4 Å². The van der Waals surface area contributed by atoms with Crippen LogP contribution in [0, 0.1) is 12.8 Å². The van der Waals surface area contributed by atoms with E-state index >= 15 is 0 Å². The Bertz CT molecular complexity index is 818. The van der Waals surface area contributed by atoms with E-state index in [-0.39, 0.29) is 0 Å². The van der Waals surface area contributed by atoms with E-state index in [1.807, 2.05) is 10.0 Å². The Morgan fingerprint density at radius 3 is 2.88 bits per heavy atom. The fraction of sp³-hybridized carbons (Fsp3) is 0.474. The van der Waals surface area contributed by atoms with Gasteiger partial charge in [0.2, 0.25) is 4.96 Å². The SMILES string of the molecule is CCCC1CCN(Cc2nc3scnn3c2-c2ccc(C)cc2)C1. The first-order valence-corrected chi connectivity index (χ1v) is 9.73. The zero-order valence-corrected chi connectivity index (χ0v) is 15.2. The molecule has 0 radical (unpaired) electrons. The third-order valence-corrected chi connectivity index (χ3v) is 5.66. The van der Waals surface area contributed by atoms with Gasteiger partial charge in [-0.1, -0.05) is 54.5 Å². The van der Waals surface area contributed by atoms with Gasteiger partial charge in [0, 0.05) is 18.7 Å². The number of benzene rings is 1. The van der Waals surface area contributed by atoms with Crippen molar-refractivity contribution < 1.29 is 0 Å². The minimum absolute atomic E-state index is 0.861. The molecule has 3 heterocycles. The van der Waals surface area contributed by atoms with E-state index in [0.29, 0.717) is 0 Å². The first kappa shape index (κ1) is 15.8. The molecule has 3 aromatic rings. The fourth-order valence-corrected chi connectivity index (χ4v) is 4.39. The summed E-state index contributed by atoms with van der Waals surface area (Å²) >= 11 is 1.61. The van der Waals surface area contributed by atoms with Crippen LogP contribution < -0.4 is 0 Å². The molecule has 0 saturated carbocycles. The van der Waals surface area contributed by atoms with Crippen LogP contribution in [-0.4, -0.2) is 32.6 Å². The number of hydrogen-bond donors (Lipinski definition) is 0. The van der Waals surface area contributed by atoms with E-state index in [1.54, 1.807) is 11.3 Å². The summed E-state index contributed by atoms with van der Waals surface area (Å²) < 4.78 is 2.00. The van der Waals surface area contributed by atoms with Crippen molar-refractivity contribution in [2.45, 2.75) is 39.7 Å². The van der Waals surface area contributed by atoms with Gasteiger partial charge in [-0.15, -0.1) is 0 Å². The number of aryl methyl sites for hydroxylation is 1. The van der Waals surface area contributed by atoms with Crippen LogP contribution >= 0.6 is 11.3 Å². The lowest BCUT2D eigenvalue weighted by Crippen LogP contribution is -2.20. The van der Waals surface area contributed by atoms with E-state index < -0.39 is 0 Å². The summed E-state index contributed by atoms with van der Waals surface area (Å²) in [5.41, 5.74) is 6.68. The summed E-state index contributed by atoms with van der Waals surface area (Å²) in [6, 6.07) is 8.70. The maximum absolute atomic E-state index is 4.88. The van der Waals surface area contributed by atoms with Crippen molar-refractivity contribution in [2.24, 2.45) is 5.92 Å². The van der Waals surface area contributed by atoms with Crippen molar-refractivity contribution in [2.75, 3.05) is 13.1 Å². The van der Waals surface area contributed by atoms with Crippen molar-refractivity contribution in [3.05, 3.63) is 41.0 Å². The smallest absolute Gasteiger partial charge is 0.212 e. The Balaban J connectivity index is 1.64. The summed E-state index contributed by atoms with van der Waals surface area (Å²) in [7, 11) is 0. The Hall–Kier alpha value is -1.72. The number of likely N-dealkylation sites (tertiary alicyclic amines) is 1. The van der Waals surface area contributed by atoms with E-state index in [1.165, 1.54) is 43.5 Å². The van der Waals surface area contributed by atoms with E-state index in [4.69, 9.17) is 4.98 Å². The van der Waals surface area contributed by atoms with E-state index in [0.717, 1.165) is 28.8 Å². The Morgan fingerprint density at radius 1 is 1.25 bits per heavy atom. The van der Waals surface area contributed by atoms with Crippen LogP contribution in [0.15, 0.2) is 29.8 Å². The van der Waals surface area contributed by atoms with Crippen LogP contribution in [0.2, 0.25) is 0 Å². The molecular weight excluding hydrogens is 316 g/mol. The van der Waals surface area contributed by atoms with Crippen LogP contribution in [0.4, 0.5) is 0 Å².